The van der Waals surface area contributed by atoms with Gasteiger partial charge in [-0.05, 0) is 25.7 Å². The molecule has 1 fully saturated rings. The molecule has 0 aromatic rings. The highest BCUT2D eigenvalue weighted by Gasteiger charge is 2.21. The van der Waals surface area contributed by atoms with Gasteiger partial charge >= 0.3 is 0 Å². The van der Waals surface area contributed by atoms with E-state index in [9.17, 15) is 8.42 Å². The molecule has 0 aromatic carbocycles. The van der Waals surface area contributed by atoms with Crippen molar-refractivity contribution < 1.29 is 8.42 Å². The Kier molecular flexibility index (Phi) is 5.02. The Bertz CT molecular complexity index is 269. The minimum atomic E-state index is -3.09. The van der Waals surface area contributed by atoms with E-state index in [1.807, 2.05) is 13.8 Å². The first-order chi connectivity index (χ1) is 7.07. The van der Waals surface area contributed by atoms with Crippen molar-refractivity contribution in [3.8, 4) is 0 Å². The lowest BCUT2D eigenvalue weighted by Crippen LogP contribution is -2.38. The summed E-state index contributed by atoms with van der Waals surface area (Å²) in [5, 5.41) is 3.20. The molecule has 0 bridgehead atoms. The van der Waals surface area contributed by atoms with Gasteiger partial charge < -0.3 is 5.32 Å². The molecular formula is C10H22N2O2S. The number of sulfonamides is 1. The van der Waals surface area contributed by atoms with Gasteiger partial charge in [-0.15, -0.1) is 0 Å². The number of hydrogen-bond acceptors (Lipinski definition) is 3. The summed E-state index contributed by atoms with van der Waals surface area (Å²) in [4.78, 5) is 0. The standard InChI is InChI=1S/C10H22N2O2S/c1-3-9(4-2)12-15(13,14)8-7-11-10-5-6-10/h9-12H,3-8H2,1-2H3. The average molecular weight is 234 g/mol. The van der Waals surface area contributed by atoms with Gasteiger partial charge in [-0.1, -0.05) is 13.8 Å². The van der Waals surface area contributed by atoms with E-state index in [-0.39, 0.29) is 11.8 Å². The van der Waals surface area contributed by atoms with Crippen molar-refractivity contribution in [3.05, 3.63) is 0 Å². The SMILES string of the molecule is CCC(CC)NS(=O)(=O)CCNC1CC1. The summed E-state index contributed by atoms with van der Waals surface area (Å²) in [5.74, 6) is 0.194. The minimum absolute atomic E-state index is 0.0934. The van der Waals surface area contributed by atoms with E-state index in [4.69, 9.17) is 0 Å². The second-order valence-corrected chi connectivity index (χ2v) is 6.05. The van der Waals surface area contributed by atoms with E-state index in [0.717, 1.165) is 12.8 Å². The number of hydrogen-bond donors (Lipinski definition) is 2. The summed E-state index contributed by atoms with van der Waals surface area (Å²) in [6.45, 7) is 4.57. The van der Waals surface area contributed by atoms with Gasteiger partial charge in [-0.3, -0.25) is 0 Å². The minimum Gasteiger partial charge on any atom is -0.313 e. The van der Waals surface area contributed by atoms with Crippen LogP contribution >= 0.6 is 0 Å². The van der Waals surface area contributed by atoms with Crippen molar-refractivity contribution in [2.75, 3.05) is 12.3 Å². The summed E-state index contributed by atoms with van der Waals surface area (Å²) in [5.41, 5.74) is 0. The zero-order chi connectivity index (χ0) is 11.3. The van der Waals surface area contributed by atoms with Crippen molar-refractivity contribution >= 4 is 10.0 Å². The molecule has 0 atom stereocenters. The quantitative estimate of drug-likeness (QED) is 0.654. The molecule has 0 aliphatic heterocycles. The monoisotopic (exact) mass is 234 g/mol. The molecule has 1 rings (SSSR count). The Morgan fingerprint density at radius 1 is 1.27 bits per heavy atom. The summed E-state index contributed by atoms with van der Waals surface area (Å²) < 4.78 is 25.9. The molecule has 0 heterocycles. The Labute approximate surface area is 92.9 Å². The fourth-order valence-electron chi connectivity index (χ4n) is 1.45. The normalized spacial score (nSPS) is 17.3. The van der Waals surface area contributed by atoms with E-state index >= 15 is 0 Å². The van der Waals surface area contributed by atoms with Gasteiger partial charge in [-0.2, -0.15) is 0 Å². The van der Waals surface area contributed by atoms with Gasteiger partial charge in [0.25, 0.3) is 0 Å². The van der Waals surface area contributed by atoms with Crippen LogP contribution in [0.1, 0.15) is 39.5 Å². The topological polar surface area (TPSA) is 58.2 Å². The molecule has 0 aromatic heterocycles. The van der Waals surface area contributed by atoms with Gasteiger partial charge in [-0.25, -0.2) is 13.1 Å². The zero-order valence-electron chi connectivity index (χ0n) is 9.62. The third kappa shape index (κ3) is 5.49. The molecule has 0 unspecified atom stereocenters. The van der Waals surface area contributed by atoms with E-state index in [2.05, 4.69) is 10.0 Å². The van der Waals surface area contributed by atoms with Gasteiger partial charge in [0.05, 0.1) is 5.75 Å². The van der Waals surface area contributed by atoms with Gasteiger partial charge in [0.1, 0.15) is 0 Å². The highest BCUT2D eigenvalue weighted by atomic mass is 32.2. The predicted molar refractivity (Wildman–Crippen MR) is 62.3 cm³/mol. The maximum atomic E-state index is 11.6. The molecular weight excluding hydrogens is 212 g/mol. The van der Waals surface area contributed by atoms with Crippen LogP contribution in [0.5, 0.6) is 0 Å². The van der Waals surface area contributed by atoms with Crippen LogP contribution in [0.2, 0.25) is 0 Å². The van der Waals surface area contributed by atoms with Crippen molar-refractivity contribution in [1.29, 1.82) is 0 Å². The van der Waals surface area contributed by atoms with Crippen LogP contribution in [0.3, 0.4) is 0 Å². The third-order valence-corrected chi connectivity index (χ3v) is 4.15. The molecule has 0 radical (unpaired) electrons. The van der Waals surface area contributed by atoms with Crippen molar-refractivity contribution in [2.45, 2.75) is 51.6 Å². The maximum absolute atomic E-state index is 11.6. The third-order valence-electron chi connectivity index (χ3n) is 2.71. The zero-order valence-corrected chi connectivity index (χ0v) is 10.4. The molecule has 4 nitrogen and oxygen atoms in total. The summed E-state index contributed by atoms with van der Waals surface area (Å²) in [7, 11) is -3.09. The highest BCUT2D eigenvalue weighted by Crippen LogP contribution is 2.18. The Morgan fingerprint density at radius 2 is 1.87 bits per heavy atom. The average Bonchev–Trinajstić information content (AvgIpc) is 2.98. The molecule has 0 amide bonds. The second kappa shape index (κ2) is 5.82. The predicted octanol–water partition coefficient (Wildman–Crippen LogP) is 0.846. The molecule has 1 saturated carbocycles. The summed E-state index contributed by atoms with van der Waals surface area (Å²) in [6, 6.07) is 0.671. The molecule has 0 saturated heterocycles. The molecule has 15 heavy (non-hydrogen) atoms. The van der Waals surface area contributed by atoms with Crippen LogP contribution in [0.15, 0.2) is 0 Å². The first-order valence-corrected chi connectivity index (χ1v) is 7.46. The van der Waals surface area contributed by atoms with Crippen LogP contribution < -0.4 is 10.0 Å². The molecule has 2 N–H and O–H groups in total. The molecule has 5 heteroatoms. The fourth-order valence-corrected chi connectivity index (χ4v) is 2.80. The molecule has 1 aliphatic rings. The first-order valence-electron chi connectivity index (χ1n) is 5.80. The van der Waals surface area contributed by atoms with E-state index < -0.39 is 10.0 Å². The van der Waals surface area contributed by atoms with E-state index in [0.29, 0.717) is 12.6 Å². The van der Waals surface area contributed by atoms with Crippen LogP contribution in [0, 0.1) is 0 Å². The van der Waals surface area contributed by atoms with Crippen molar-refractivity contribution in [3.63, 3.8) is 0 Å². The van der Waals surface area contributed by atoms with Crippen LogP contribution in [0.25, 0.3) is 0 Å². The lowest BCUT2D eigenvalue weighted by Gasteiger charge is -2.14. The fraction of sp³-hybridized carbons (Fsp3) is 1.00. The Morgan fingerprint density at radius 3 is 2.33 bits per heavy atom. The van der Waals surface area contributed by atoms with E-state index in [1.54, 1.807) is 0 Å². The van der Waals surface area contributed by atoms with Crippen molar-refractivity contribution in [1.82, 2.24) is 10.0 Å². The molecule has 1 aliphatic carbocycles. The first kappa shape index (κ1) is 12.9. The largest absolute Gasteiger partial charge is 0.313 e. The van der Waals surface area contributed by atoms with Gasteiger partial charge in [0.2, 0.25) is 10.0 Å². The lowest BCUT2D eigenvalue weighted by atomic mass is 10.2. The van der Waals surface area contributed by atoms with Crippen LogP contribution in [0.4, 0.5) is 0 Å². The second-order valence-electron chi connectivity index (χ2n) is 4.18. The highest BCUT2D eigenvalue weighted by molar-refractivity contribution is 7.89. The van der Waals surface area contributed by atoms with Crippen LogP contribution in [-0.4, -0.2) is 32.8 Å². The summed E-state index contributed by atoms with van der Waals surface area (Å²) >= 11 is 0. The lowest BCUT2D eigenvalue weighted by molar-refractivity contribution is 0.528. The number of nitrogens with one attached hydrogen (secondary N) is 2. The van der Waals surface area contributed by atoms with E-state index in [1.165, 1.54) is 12.8 Å². The number of rotatable bonds is 8. The van der Waals surface area contributed by atoms with Crippen LogP contribution in [-0.2, 0) is 10.0 Å². The Balaban J connectivity index is 2.23. The smallest absolute Gasteiger partial charge is 0.213 e. The van der Waals surface area contributed by atoms with Crippen molar-refractivity contribution in [2.24, 2.45) is 0 Å². The Hall–Kier alpha value is -0.130. The van der Waals surface area contributed by atoms with Gasteiger partial charge in [0, 0.05) is 18.6 Å². The summed E-state index contributed by atoms with van der Waals surface area (Å²) in [6.07, 6.45) is 4.09. The molecule has 0 spiro atoms. The van der Waals surface area contributed by atoms with Gasteiger partial charge in [0.15, 0.2) is 0 Å². The molecule has 90 valence electrons. The maximum Gasteiger partial charge on any atom is 0.213 e.